The molecule has 2 aromatic heterocycles. The van der Waals surface area contributed by atoms with Gasteiger partial charge in [0.15, 0.2) is 11.6 Å². The van der Waals surface area contributed by atoms with Crippen LogP contribution in [-0.2, 0) is 7.05 Å². The zero-order valence-electron chi connectivity index (χ0n) is 15.9. The highest BCUT2D eigenvalue weighted by atomic mass is 16.5. The summed E-state index contributed by atoms with van der Waals surface area (Å²) < 4.78 is 7.97. The van der Waals surface area contributed by atoms with Gasteiger partial charge in [-0.3, -0.25) is 0 Å². The van der Waals surface area contributed by atoms with Crippen LogP contribution < -0.4 is 9.64 Å². The number of piperidine rings is 1. The van der Waals surface area contributed by atoms with Crippen molar-refractivity contribution in [3.05, 3.63) is 54.4 Å². The van der Waals surface area contributed by atoms with Crippen LogP contribution in [0.5, 0.6) is 5.75 Å². The Balaban J connectivity index is 1.38. The molecule has 27 heavy (non-hydrogen) atoms. The number of hydrogen-bond donors (Lipinski definition) is 0. The van der Waals surface area contributed by atoms with Gasteiger partial charge in [-0.2, -0.15) is 0 Å². The number of anilines is 1. The van der Waals surface area contributed by atoms with E-state index in [0.29, 0.717) is 5.92 Å². The van der Waals surface area contributed by atoms with Gasteiger partial charge in [0, 0.05) is 38.4 Å². The summed E-state index contributed by atoms with van der Waals surface area (Å²) >= 11 is 0. The fraction of sp³-hybridized carbons (Fsp3) is 0.381. The van der Waals surface area contributed by atoms with Crippen LogP contribution in [0.2, 0.25) is 0 Å². The summed E-state index contributed by atoms with van der Waals surface area (Å²) in [5, 5.41) is 8.82. The normalized spacial score (nSPS) is 17.1. The number of aromatic nitrogens is 4. The van der Waals surface area contributed by atoms with Gasteiger partial charge in [-0.05, 0) is 49.6 Å². The SMILES string of the molecule is Cc1cccc(OC[C@@H]2CCCN(c3ccc(-c4nccn4C)nn3)C2)c1. The van der Waals surface area contributed by atoms with Gasteiger partial charge in [0.25, 0.3) is 0 Å². The van der Waals surface area contributed by atoms with E-state index in [1.807, 2.05) is 42.1 Å². The third-order valence-electron chi connectivity index (χ3n) is 5.02. The van der Waals surface area contributed by atoms with E-state index in [1.54, 1.807) is 6.20 Å². The van der Waals surface area contributed by atoms with E-state index in [0.717, 1.165) is 49.2 Å². The zero-order chi connectivity index (χ0) is 18.6. The topological polar surface area (TPSA) is 56.1 Å². The predicted molar refractivity (Wildman–Crippen MR) is 106 cm³/mol. The number of benzene rings is 1. The molecule has 0 bridgehead atoms. The number of ether oxygens (including phenoxy) is 1. The molecule has 0 spiro atoms. The molecule has 1 aliphatic heterocycles. The van der Waals surface area contributed by atoms with Gasteiger partial charge in [0.2, 0.25) is 0 Å². The Morgan fingerprint density at radius 2 is 2.11 bits per heavy atom. The molecule has 1 atom stereocenters. The van der Waals surface area contributed by atoms with Crippen molar-refractivity contribution >= 4 is 5.82 Å². The van der Waals surface area contributed by atoms with Crippen molar-refractivity contribution in [3.63, 3.8) is 0 Å². The van der Waals surface area contributed by atoms with E-state index in [9.17, 15) is 0 Å². The van der Waals surface area contributed by atoms with Crippen molar-refractivity contribution in [3.8, 4) is 17.3 Å². The third kappa shape index (κ3) is 4.10. The fourth-order valence-electron chi connectivity index (χ4n) is 3.55. The monoisotopic (exact) mass is 363 g/mol. The van der Waals surface area contributed by atoms with Gasteiger partial charge in [-0.15, -0.1) is 10.2 Å². The Kier molecular flexibility index (Phi) is 5.05. The summed E-state index contributed by atoms with van der Waals surface area (Å²) in [6, 6.07) is 12.3. The molecule has 4 rings (SSSR count). The lowest BCUT2D eigenvalue weighted by Crippen LogP contribution is -2.38. The van der Waals surface area contributed by atoms with Crippen LogP contribution in [0.1, 0.15) is 18.4 Å². The molecule has 0 unspecified atom stereocenters. The first-order chi connectivity index (χ1) is 13.2. The molecule has 6 nitrogen and oxygen atoms in total. The third-order valence-corrected chi connectivity index (χ3v) is 5.02. The lowest BCUT2D eigenvalue weighted by Gasteiger charge is -2.33. The molecule has 3 heterocycles. The summed E-state index contributed by atoms with van der Waals surface area (Å²) in [4.78, 5) is 6.64. The maximum absolute atomic E-state index is 6.02. The van der Waals surface area contributed by atoms with Crippen LogP contribution in [0.25, 0.3) is 11.5 Å². The molecule has 0 radical (unpaired) electrons. The first-order valence-electron chi connectivity index (χ1n) is 9.45. The van der Waals surface area contributed by atoms with Crippen molar-refractivity contribution in [2.45, 2.75) is 19.8 Å². The smallest absolute Gasteiger partial charge is 0.160 e. The second kappa shape index (κ2) is 7.78. The highest BCUT2D eigenvalue weighted by Crippen LogP contribution is 2.24. The summed E-state index contributed by atoms with van der Waals surface area (Å²) in [5.41, 5.74) is 2.02. The summed E-state index contributed by atoms with van der Waals surface area (Å²) in [6.45, 7) is 4.78. The zero-order valence-corrected chi connectivity index (χ0v) is 15.9. The van der Waals surface area contributed by atoms with Gasteiger partial charge in [0.1, 0.15) is 11.4 Å². The van der Waals surface area contributed by atoms with E-state index in [-0.39, 0.29) is 0 Å². The first kappa shape index (κ1) is 17.5. The van der Waals surface area contributed by atoms with Crippen LogP contribution in [0.4, 0.5) is 5.82 Å². The van der Waals surface area contributed by atoms with Crippen LogP contribution in [0, 0.1) is 12.8 Å². The molecule has 0 amide bonds. The molecular formula is C21H25N5O. The van der Waals surface area contributed by atoms with Crippen molar-refractivity contribution in [2.24, 2.45) is 13.0 Å². The first-order valence-corrected chi connectivity index (χ1v) is 9.45. The molecular weight excluding hydrogens is 338 g/mol. The van der Waals surface area contributed by atoms with Crippen molar-refractivity contribution in [1.29, 1.82) is 0 Å². The Labute approximate surface area is 159 Å². The summed E-state index contributed by atoms with van der Waals surface area (Å²) in [7, 11) is 1.96. The maximum Gasteiger partial charge on any atom is 0.160 e. The number of imidazole rings is 1. The molecule has 6 heteroatoms. The van der Waals surface area contributed by atoms with Gasteiger partial charge in [0.05, 0.1) is 6.61 Å². The Morgan fingerprint density at radius 1 is 1.19 bits per heavy atom. The van der Waals surface area contributed by atoms with Crippen molar-refractivity contribution < 1.29 is 4.74 Å². The number of nitrogens with zero attached hydrogens (tertiary/aromatic N) is 5. The molecule has 140 valence electrons. The molecule has 1 aliphatic rings. The van der Waals surface area contributed by atoms with Gasteiger partial charge >= 0.3 is 0 Å². The van der Waals surface area contributed by atoms with E-state index in [2.05, 4.69) is 39.1 Å². The largest absolute Gasteiger partial charge is 0.493 e. The minimum Gasteiger partial charge on any atom is -0.493 e. The second-order valence-electron chi connectivity index (χ2n) is 7.22. The quantitative estimate of drug-likeness (QED) is 0.695. The van der Waals surface area contributed by atoms with Crippen LogP contribution >= 0.6 is 0 Å². The minimum absolute atomic E-state index is 0.496. The Hall–Kier alpha value is -2.89. The van der Waals surface area contributed by atoms with Crippen molar-refractivity contribution in [2.75, 3.05) is 24.6 Å². The summed E-state index contributed by atoms with van der Waals surface area (Å²) in [6.07, 6.45) is 6.01. The number of rotatable bonds is 5. The average molecular weight is 363 g/mol. The van der Waals surface area contributed by atoms with Gasteiger partial charge in [-0.25, -0.2) is 4.98 Å². The van der Waals surface area contributed by atoms with E-state index in [4.69, 9.17) is 4.74 Å². The second-order valence-corrected chi connectivity index (χ2v) is 7.22. The van der Waals surface area contributed by atoms with Crippen LogP contribution in [0.15, 0.2) is 48.8 Å². The standard InChI is InChI=1S/C21H25N5O/c1-16-5-3-7-18(13-16)27-15-17-6-4-11-26(14-17)20-9-8-19(23-24-20)21-22-10-12-25(21)2/h3,5,7-10,12-13,17H,4,6,11,14-15H2,1-2H3/t17-/m1/s1. The Bertz CT molecular complexity index is 890. The molecule has 1 aromatic carbocycles. The molecule has 0 aliphatic carbocycles. The van der Waals surface area contributed by atoms with E-state index >= 15 is 0 Å². The molecule has 0 saturated carbocycles. The van der Waals surface area contributed by atoms with E-state index in [1.165, 1.54) is 12.0 Å². The summed E-state index contributed by atoms with van der Waals surface area (Å²) in [5.74, 6) is 3.20. The van der Waals surface area contributed by atoms with E-state index < -0.39 is 0 Å². The highest BCUT2D eigenvalue weighted by Gasteiger charge is 2.22. The van der Waals surface area contributed by atoms with Gasteiger partial charge in [-0.1, -0.05) is 12.1 Å². The lowest BCUT2D eigenvalue weighted by atomic mass is 9.99. The number of hydrogen-bond acceptors (Lipinski definition) is 5. The molecule has 1 fully saturated rings. The highest BCUT2D eigenvalue weighted by molar-refractivity contribution is 5.51. The fourth-order valence-corrected chi connectivity index (χ4v) is 3.55. The molecule has 1 saturated heterocycles. The average Bonchev–Trinajstić information content (AvgIpc) is 3.13. The number of aryl methyl sites for hydroxylation is 2. The Morgan fingerprint density at radius 3 is 2.85 bits per heavy atom. The minimum atomic E-state index is 0.496. The predicted octanol–water partition coefficient (Wildman–Crippen LogP) is 3.48. The maximum atomic E-state index is 6.02. The molecule has 3 aromatic rings. The molecule has 0 N–H and O–H groups in total. The van der Waals surface area contributed by atoms with Crippen LogP contribution in [-0.4, -0.2) is 39.4 Å². The van der Waals surface area contributed by atoms with Crippen molar-refractivity contribution in [1.82, 2.24) is 19.7 Å². The lowest BCUT2D eigenvalue weighted by molar-refractivity contribution is 0.228. The van der Waals surface area contributed by atoms with Crippen LogP contribution in [0.3, 0.4) is 0 Å². The van der Waals surface area contributed by atoms with Gasteiger partial charge < -0.3 is 14.2 Å².